The van der Waals surface area contributed by atoms with Gasteiger partial charge in [0.15, 0.2) is 0 Å². The summed E-state index contributed by atoms with van der Waals surface area (Å²) in [5, 5.41) is 3.54. The lowest BCUT2D eigenvalue weighted by Crippen LogP contribution is -2.53. The Labute approximate surface area is 110 Å². The molecule has 1 aliphatic heterocycles. The number of likely N-dealkylation sites (N-methyl/N-ethyl adjacent to an activating group) is 1. The van der Waals surface area contributed by atoms with E-state index < -0.39 is 0 Å². The van der Waals surface area contributed by atoms with E-state index in [9.17, 15) is 0 Å². The summed E-state index contributed by atoms with van der Waals surface area (Å²) in [6, 6.07) is 4.81. The zero-order valence-corrected chi connectivity index (χ0v) is 12.0. The Balaban J connectivity index is 2.23. The number of benzene rings is 1. The molecule has 1 heterocycles. The minimum absolute atomic E-state index is 0.0760. The van der Waals surface area contributed by atoms with Crippen LogP contribution >= 0.6 is 0 Å². The van der Waals surface area contributed by atoms with E-state index in [0.29, 0.717) is 6.04 Å². The van der Waals surface area contributed by atoms with Crippen molar-refractivity contribution in [2.24, 2.45) is 5.73 Å². The zero-order valence-electron chi connectivity index (χ0n) is 12.0. The van der Waals surface area contributed by atoms with Crippen LogP contribution in [0, 0.1) is 20.8 Å². The van der Waals surface area contributed by atoms with Gasteiger partial charge in [0.2, 0.25) is 0 Å². The van der Waals surface area contributed by atoms with E-state index in [1.807, 2.05) is 0 Å². The number of hydrogen-bond acceptors (Lipinski definition) is 3. The van der Waals surface area contributed by atoms with Crippen molar-refractivity contribution in [3.05, 3.63) is 34.4 Å². The fourth-order valence-electron chi connectivity index (χ4n) is 2.73. The summed E-state index contributed by atoms with van der Waals surface area (Å²) in [7, 11) is 2.16. The molecular formula is C15H25N3. The highest BCUT2D eigenvalue weighted by atomic mass is 15.2. The molecule has 2 rings (SSSR count). The van der Waals surface area contributed by atoms with Gasteiger partial charge < -0.3 is 16.0 Å². The van der Waals surface area contributed by atoms with Crippen molar-refractivity contribution < 1.29 is 0 Å². The smallest absolute Gasteiger partial charge is 0.0466 e. The van der Waals surface area contributed by atoms with E-state index in [2.05, 4.69) is 50.2 Å². The molecule has 1 saturated heterocycles. The summed E-state index contributed by atoms with van der Waals surface area (Å²) >= 11 is 0. The second kappa shape index (κ2) is 5.39. The normalized spacial score (nSPS) is 23.1. The average Bonchev–Trinajstić information content (AvgIpc) is 2.35. The SMILES string of the molecule is Cc1ccc(C(N)C2CN(C)CCN2)c(C)c1C. The fourth-order valence-corrected chi connectivity index (χ4v) is 2.73. The van der Waals surface area contributed by atoms with Gasteiger partial charge >= 0.3 is 0 Å². The predicted octanol–water partition coefficient (Wildman–Crippen LogP) is 1.52. The molecule has 0 bridgehead atoms. The highest BCUT2D eigenvalue weighted by molar-refractivity contribution is 5.40. The number of hydrogen-bond donors (Lipinski definition) is 2. The molecule has 0 amide bonds. The second-order valence-corrected chi connectivity index (χ2v) is 5.57. The number of nitrogens with one attached hydrogen (secondary N) is 1. The topological polar surface area (TPSA) is 41.3 Å². The van der Waals surface area contributed by atoms with Gasteiger partial charge in [-0.25, -0.2) is 0 Å². The van der Waals surface area contributed by atoms with Crippen molar-refractivity contribution in [1.82, 2.24) is 10.2 Å². The van der Waals surface area contributed by atoms with Crippen LogP contribution in [0.15, 0.2) is 12.1 Å². The highest BCUT2D eigenvalue weighted by Gasteiger charge is 2.25. The zero-order chi connectivity index (χ0) is 13.3. The van der Waals surface area contributed by atoms with Crippen LogP contribution in [0.3, 0.4) is 0 Å². The van der Waals surface area contributed by atoms with E-state index in [1.165, 1.54) is 22.3 Å². The molecule has 0 radical (unpaired) electrons. The second-order valence-electron chi connectivity index (χ2n) is 5.57. The Morgan fingerprint density at radius 1 is 1.28 bits per heavy atom. The van der Waals surface area contributed by atoms with Crippen LogP contribution in [0.1, 0.15) is 28.3 Å². The van der Waals surface area contributed by atoms with Gasteiger partial charge in [-0.05, 0) is 50.1 Å². The molecule has 2 atom stereocenters. The lowest BCUT2D eigenvalue weighted by molar-refractivity contribution is 0.219. The van der Waals surface area contributed by atoms with E-state index >= 15 is 0 Å². The maximum atomic E-state index is 6.46. The third kappa shape index (κ3) is 2.58. The van der Waals surface area contributed by atoms with Crippen LogP contribution in [0.25, 0.3) is 0 Å². The Hall–Kier alpha value is -0.900. The van der Waals surface area contributed by atoms with Crippen molar-refractivity contribution in [1.29, 1.82) is 0 Å². The van der Waals surface area contributed by atoms with Crippen LogP contribution in [-0.4, -0.2) is 37.6 Å². The van der Waals surface area contributed by atoms with Crippen molar-refractivity contribution in [3.63, 3.8) is 0 Å². The number of rotatable bonds is 2. The molecule has 100 valence electrons. The summed E-state index contributed by atoms with van der Waals surface area (Å²) in [6.07, 6.45) is 0. The first-order chi connectivity index (χ1) is 8.50. The van der Waals surface area contributed by atoms with Crippen molar-refractivity contribution in [2.75, 3.05) is 26.7 Å². The Morgan fingerprint density at radius 3 is 2.67 bits per heavy atom. The molecule has 3 N–H and O–H groups in total. The third-order valence-electron chi connectivity index (χ3n) is 4.30. The summed E-state index contributed by atoms with van der Waals surface area (Å²) in [4.78, 5) is 2.34. The number of nitrogens with zero attached hydrogens (tertiary/aromatic N) is 1. The fraction of sp³-hybridized carbons (Fsp3) is 0.600. The Morgan fingerprint density at radius 2 is 2.00 bits per heavy atom. The first kappa shape index (κ1) is 13.5. The molecule has 1 aliphatic rings. The standard InChI is InChI=1S/C15H25N3/c1-10-5-6-13(12(3)11(10)2)15(16)14-9-18(4)8-7-17-14/h5-6,14-15,17H,7-9,16H2,1-4H3. The molecule has 0 spiro atoms. The van der Waals surface area contributed by atoms with Crippen molar-refractivity contribution in [2.45, 2.75) is 32.9 Å². The largest absolute Gasteiger partial charge is 0.323 e. The van der Waals surface area contributed by atoms with Crippen LogP contribution in [0.2, 0.25) is 0 Å². The minimum Gasteiger partial charge on any atom is -0.323 e. The van der Waals surface area contributed by atoms with Gasteiger partial charge in [-0.3, -0.25) is 0 Å². The molecule has 0 aromatic heterocycles. The van der Waals surface area contributed by atoms with Crippen LogP contribution in [0.5, 0.6) is 0 Å². The van der Waals surface area contributed by atoms with Gasteiger partial charge in [0.05, 0.1) is 0 Å². The van der Waals surface area contributed by atoms with Crippen LogP contribution in [-0.2, 0) is 0 Å². The quantitative estimate of drug-likeness (QED) is 0.832. The monoisotopic (exact) mass is 247 g/mol. The Bertz CT molecular complexity index is 428. The molecule has 1 aromatic rings. The van der Waals surface area contributed by atoms with Crippen LogP contribution in [0.4, 0.5) is 0 Å². The molecule has 0 saturated carbocycles. The maximum absolute atomic E-state index is 6.46. The third-order valence-corrected chi connectivity index (χ3v) is 4.30. The predicted molar refractivity (Wildman–Crippen MR) is 76.9 cm³/mol. The molecule has 0 aliphatic carbocycles. The molecule has 1 fully saturated rings. The first-order valence-corrected chi connectivity index (χ1v) is 6.75. The van der Waals surface area contributed by atoms with Gasteiger partial charge in [-0.15, -0.1) is 0 Å². The van der Waals surface area contributed by atoms with E-state index in [0.717, 1.165) is 19.6 Å². The van der Waals surface area contributed by atoms with Crippen LogP contribution < -0.4 is 11.1 Å². The summed E-state index contributed by atoms with van der Waals surface area (Å²) in [6.45, 7) is 9.68. The molecule has 2 unspecified atom stereocenters. The minimum atomic E-state index is 0.0760. The van der Waals surface area contributed by atoms with Gasteiger partial charge in [-0.2, -0.15) is 0 Å². The van der Waals surface area contributed by atoms with E-state index in [4.69, 9.17) is 5.73 Å². The molecule has 3 nitrogen and oxygen atoms in total. The van der Waals surface area contributed by atoms with Gasteiger partial charge in [0, 0.05) is 31.7 Å². The Kier molecular flexibility index (Phi) is 4.05. The average molecular weight is 247 g/mol. The molecular weight excluding hydrogens is 222 g/mol. The number of nitrogens with two attached hydrogens (primary N) is 1. The van der Waals surface area contributed by atoms with Crippen molar-refractivity contribution >= 4 is 0 Å². The number of piperazine rings is 1. The van der Waals surface area contributed by atoms with Crippen molar-refractivity contribution in [3.8, 4) is 0 Å². The lowest BCUT2D eigenvalue weighted by atomic mass is 9.90. The van der Waals surface area contributed by atoms with E-state index in [1.54, 1.807) is 0 Å². The summed E-state index contributed by atoms with van der Waals surface area (Å²) in [5.41, 5.74) is 11.8. The summed E-state index contributed by atoms with van der Waals surface area (Å²) < 4.78 is 0. The number of aryl methyl sites for hydroxylation is 1. The van der Waals surface area contributed by atoms with Gasteiger partial charge in [-0.1, -0.05) is 12.1 Å². The van der Waals surface area contributed by atoms with E-state index in [-0.39, 0.29) is 6.04 Å². The highest BCUT2D eigenvalue weighted by Crippen LogP contribution is 2.24. The van der Waals surface area contributed by atoms with Gasteiger partial charge in [0.25, 0.3) is 0 Å². The molecule has 18 heavy (non-hydrogen) atoms. The first-order valence-electron chi connectivity index (χ1n) is 6.75. The molecule has 1 aromatic carbocycles. The summed E-state index contributed by atoms with van der Waals surface area (Å²) in [5.74, 6) is 0. The molecule has 3 heteroatoms. The lowest BCUT2D eigenvalue weighted by Gasteiger charge is -2.35. The van der Waals surface area contributed by atoms with Gasteiger partial charge in [0.1, 0.15) is 0 Å². The maximum Gasteiger partial charge on any atom is 0.0466 e.